The normalized spacial score (nSPS) is 20.3. The van der Waals surface area contributed by atoms with Crippen LogP contribution in [0.4, 0.5) is 5.69 Å². The van der Waals surface area contributed by atoms with Gasteiger partial charge < -0.3 is 10.6 Å². The van der Waals surface area contributed by atoms with Crippen LogP contribution in [0.3, 0.4) is 0 Å². The van der Waals surface area contributed by atoms with Gasteiger partial charge in [0, 0.05) is 19.1 Å². The molecule has 1 aromatic rings. The zero-order chi connectivity index (χ0) is 15.8. The first-order chi connectivity index (χ1) is 9.75. The first-order valence-corrected chi connectivity index (χ1v) is 8.71. The molecule has 1 aliphatic heterocycles. The van der Waals surface area contributed by atoms with Crippen LogP contribution in [0.15, 0.2) is 17.0 Å². The molecule has 1 atom stereocenters. The number of benzene rings is 1. The number of hydrogen-bond acceptors (Lipinski definition) is 4. The van der Waals surface area contributed by atoms with E-state index in [0.717, 1.165) is 24.9 Å². The highest BCUT2D eigenvalue weighted by molar-refractivity contribution is 7.89. The minimum absolute atomic E-state index is 0.0318. The van der Waals surface area contributed by atoms with E-state index in [0.29, 0.717) is 17.8 Å². The van der Waals surface area contributed by atoms with Crippen molar-refractivity contribution >= 4 is 15.7 Å². The maximum atomic E-state index is 13.0. The molecule has 1 aliphatic rings. The topological polar surface area (TPSA) is 66.6 Å². The summed E-state index contributed by atoms with van der Waals surface area (Å²) in [4.78, 5) is 2.32. The predicted molar refractivity (Wildman–Crippen MR) is 85.8 cm³/mol. The molecule has 118 valence electrons. The van der Waals surface area contributed by atoms with Gasteiger partial charge in [0.1, 0.15) is 4.90 Å². The summed E-state index contributed by atoms with van der Waals surface area (Å²) in [5, 5.41) is 0. The summed E-state index contributed by atoms with van der Waals surface area (Å²) >= 11 is 0. The van der Waals surface area contributed by atoms with E-state index in [1.165, 1.54) is 0 Å². The number of nitrogens with two attached hydrogens (primary N) is 1. The number of anilines is 1. The third-order valence-electron chi connectivity index (χ3n) is 4.08. The smallest absolute Gasteiger partial charge is 0.245 e. The number of nitrogens with zero attached hydrogens (tertiary/aromatic N) is 2. The predicted octanol–water partition coefficient (Wildman–Crippen LogP) is 1.60. The Morgan fingerprint density at radius 2 is 1.90 bits per heavy atom. The monoisotopic (exact) mass is 311 g/mol. The minimum atomic E-state index is -3.54. The van der Waals surface area contributed by atoms with Crippen LogP contribution in [0.2, 0.25) is 0 Å². The molecule has 0 amide bonds. The van der Waals surface area contributed by atoms with E-state index >= 15 is 0 Å². The maximum Gasteiger partial charge on any atom is 0.245 e. The number of nitrogen functional groups attached to an aromatic ring is 1. The van der Waals surface area contributed by atoms with Gasteiger partial charge in [0.05, 0.1) is 5.69 Å². The summed E-state index contributed by atoms with van der Waals surface area (Å²) in [6.07, 6.45) is 1.81. The first-order valence-electron chi connectivity index (χ1n) is 7.27. The van der Waals surface area contributed by atoms with Crippen molar-refractivity contribution in [3.8, 4) is 0 Å². The highest BCUT2D eigenvalue weighted by atomic mass is 32.2. The summed E-state index contributed by atoms with van der Waals surface area (Å²) in [7, 11) is 0.400. The van der Waals surface area contributed by atoms with Gasteiger partial charge in [-0.1, -0.05) is 12.1 Å². The van der Waals surface area contributed by atoms with Gasteiger partial charge in [-0.3, -0.25) is 0 Å². The summed E-state index contributed by atoms with van der Waals surface area (Å²) in [6.45, 7) is 4.96. The number of sulfonamides is 1. The quantitative estimate of drug-likeness (QED) is 0.858. The van der Waals surface area contributed by atoms with E-state index in [-0.39, 0.29) is 10.9 Å². The Labute approximate surface area is 127 Å². The van der Waals surface area contributed by atoms with Crippen LogP contribution in [0.5, 0.6) is 0 Å². The van der Waals surface area contributed by atoms with Crippen molar-refractivity contribution in [3.63, 3.8) is 0 Å². The Kier molecular flexibility index (Phi) is 4.60. The van der Waals surface area contributed by atoms with Crippen molar-refractivity contribution in [2.75, 3.05) is 32.9 Å². The maximum absolute atomic E-state index is 13.0. The van der Waals surface area contributed by atoms with Gasteiger partial charge in [-0.05, 0) is 51.9 Å². The number of hydrogen-bond donors (Lipinski definition) is 1. The van der Waals surface area contributed by atoms with E-state index in [1.807, 2.05) is 38.1 Å². The highest BCUT2D eigenvalue weighted by Gasteiger charge is 2.37. The molecule has 0 saturated carbocycles. The lowest BCUT2D eigenvalue weighted by Crippen LogP contribution is -2.41. The lowest BCUT2D eigenvalue weighted by molar-refractivity contribution is 0.291. The number of rotatable bonds is 4. The van der Waals surface area contributed by atoms with E-state index in [1.54, 1.807) is 11.2 Å². The molecule has 0 aliphatic carbocycles. The van der Waals surface area contributed by atoms with Gasteiger partial charge in [-0.2, -0.15) is 4.31 Å². The Balaban J connectivity index is 2.45. The van der Waals surface area contributed by atoms with Crippen molar-refractivity contribution in [2.45, 2.75) is 37.6 Å². The standard InChI is InChI=1S/C15H25N3O2S/c1-11-7-8-12(2)15(14(11)16)21(19,20)18-9-5-6-13(18)10-17(3)4/h7-8,13H,5-6,9-10,16H2,1-4H3. The average molecular weight is 311 g/mol. The van der Waals surface area contributed by atoms with Crippen molar-refractivity contribution in [1.29, 1.82) is 0 Å². The molecule has 0 radical (unpaired) electrons. The molecular formula is C15H25N3O2S. The Hall–Kier alpha value is -1.11. The second kappa shape index (κ2) is 5.94. The summed E-state index contributed by atoms with van der Waals surface area (Å²) in [5.74, 6) is 0. The van der Waals surface area contributed by atoms with E-state index in [4.69, 9.17) is 5.73 Å². The molecular weight excluding hydrogens is 286 g/mol. The van der Waals surface area contributed by atoms with E-state index < -0.39 is 10.0 Å². The Bertz CT molecular complexity index is 626. The van der Waals surface area contributed by atoms with Crippen molar-refractivity contribution < 1.29 is 8.42 Å². The fourth-order valence-corrected chi connectivity index (χ4v) is 5.08. The second-order valence-corrected chi connectivity index (χ2v) is 7.94. The van der Waals surface area contributed by atoms with Gasteiger partial charge in [-0.25, -0.2) is 8.42 Å². The minimum Gasteiger partial charge on any atom is -0.397 e. The fourth-order valence-electron chi connectivity index (χ4n) is 3.00. The molecule has 0 bridgehead atoms. The largest absolute Gasteiger partial charge is 0.397 e. The third-order valence-corrected chi connectivity index (χ3v) is 6.23. The fraction of sp³-hybridized carbons (Fsp3) is 0.600. The van der Waals surface area contributed by atoms with Crippen molar-refractivity contribution in [2.24, 2.45) is 0 Å². The van der Waals surface area contributed by atoms with Crippen LogP contribution < -0.4 is 5.73 Å². The molecule has 1 heterocycles. The SMILES string of the molecule is Cc1ccc(C)c(S(=O)(=O)N2CCCC2CN(C)C)c1N. The Morgan fingerprint density at radius 3 is 2.52 bits per heavy atom. The molecule has 1 unspecified atom stereocenters. The van der Waals surface area contributed by atoms with E-state index in [9.17, 15) is 8.42 Å². The third kappa shape index (κ3) is 3.07. The van der Waals surface area contributed by atoms with Crippen LogP contribution in [-0.2, 0) is 10.0 Å². The van der Waals surface area contributed by atoms with Crippen LogP contribution in [0, 0.1) is 13.8 Å². The number of likely N-dealkylation sites (N-methyl/N-ethyl adjacent to an activating group) is 1. The second-order valence-electron chi connectivity index (χ2n) is 6.12. The van der Waals surface area contributed by atoms with Gasteiger partial charge in [0.15, 0.2) is 0 Å². The van der Waals surface area contributed by atoms with Crippen LogP contribution in [-0.4, -0.2) is 50.8 Å². The molecule has 1 saturated heterocycles. The Morgan fingerprint density at radius 1 is 1.29 bits per heavy atom. The molecule has 2 N–H and O–H groups in total. The molecule has 1 aromatic carbocycles. The molecule has 0 spiro atoms. The van der Waals surface area contributed by atoms with Crippen LogP contribution in [0.1, 0.15) is 24.0 Å². The van der Waals surface area contributed by atoms with Gasteiger partial charge in [0.25, 0.3) is 0 Å². The van der Waals surface area contributed by atoms with Crippen molar-refractivity contribution in [3.05, 3.63) is 23.3 Å². The summed E-state index contributed by atoms with van der Waals surface area (Å²) in [5.41, 5.74) is 7.97. The highest BCUT2D eigenvalue weighted by Crippen LogP contribution is 2.32. The molecule has 21 heavy (non-hydrogen) atoms. The lowest BCUT2D eigenvalue weighted by Gasteiger charge is -2.27. The molecule has 5 nitrogen and oxygen atoms in total. The number of aryl methyl sites for hydroxylation is 2. The van der Waals surface area contributed by atoms with Gasteiger partial charge >= 0.3 is 0 Å². The van der Waals surface area contributed by atoms with E-state index in [2.05, 4.69) is 0 Å². The molecule has 0 aromatic heterocycles. The van der Waals surface area contributed by atoms with Crippen LogP contribution in [0.25, 0.3) is 0 Å². The molecule has 6 heteroatoms. The first kappa shape index (κ1) is 16.3. The summed E-state index contributed by atoms with van der Waals surface area (Å²) in [6, 6.07) is 3.73. The van der Waals surface area contributed by atoms with Crippen LogP contribution >= 0.6 is 0 Å². The van der Waals surface area contributed by atoms with Gasteiger partial charge in [-0.15, -0.1) is 0 Å². The average Bonchev–Trinajstić information content (AvgIpc) is 2.82. The zero-order valence-corrected chi connectivity index (χ0v) is 14.1. The molecule has 1 fully saturated rings. The zero-order valence-electron chi connectivity index (χ0n) is 13.3. The van der Waals surface area contributed by atoms with Crippen molar-refractivity contribution in [1.82, 2.24) is 9.21 Å². The lowest BCUT2D eigenvalue weighted by atomic mass is 10.1. The van der Waals surface area contributed by atoms with Gasteiger partial charge in [0.2, 0.25) is 10.0 Å². The molecule has 2 rings (SSSR count). The summed E-state index contributed by atoms with van der Waals surface area (Å²) < 4.78 is 27.7.